The maximum absolute atomic E-state index is 12.5. The highest BCUT2D eigenvalue weighted by atomic mass is 16.6. The smallest absolute Gasteiger partial charge is 0.411 e. The molecule has 26 heavy (non-hydrogen) atoms. The van der Waals surface area contributed by atoms with Gasteiger partial charge in [-0.15, -0.1) is 0 Å². The van der Waals surface area contributed by atoms with Crippen molar-refractivity contribution in [3.05, 3.63) is 59.9 Å². The molecule has 1 N–H and O–H groups in total. The topological polar surface area (TPSA) is 54.5 Å². The Kier molecular flexibility index (Phi) is 4.89. The van der Waals surface area contributed by atoms with E-state index in [1.807, 2.05) is 43.5 Å². The van der Waals surface area contributed by atoms with Crippen molar-refractivity contribution in [2.75, 3.05) is 18.4 Å². The van der Waals surface area contributed by atoms with Crippen LogP contribution in [0.25, 0.3) is 0 Å². The molecule has 1 aromatic heterocycles. The van der Waals surface area contributed by atoms with Crippen LogP contribution >= 0.6 is 0 Å². The molecular weight excluding hydrogens is 326 g/mol. The van der Waals surface area contributed by atoms with Crippen molar-refractivity contribution in [1.82, 2.24) is 9.88 Å². The third kappa shape index (κ3) is 3.73. The molecular formula is C21H25N3O2. The fourth-order valence-electron chi connectivity index (χ4n) is 4.19. The Labute approximate surface area is 154 Å². The molecule has 2 bridgehead atoms. The van der Waals surface area contributed by atoms with Gasteiger partial charge >= 0.3 is 6.09 Å². The molecule has 3 aliphatic rings. The van der Waals surface area contributed by atoms with Gasteiger partial charge in [-0.2, -0.15) is 0 Å². The van der Waals surface area contributed by atoms with E-state index >= 15 is 0 Å². The Morgan fingerprint density at radius 2 is 2.00 bits per heavy atom. The Bertz CT molecular complexity index is 740. The highest BCUT2D eigenvalue weighted by Gasteiger charge is 2.44. The molecule has 136 valence electrons. The second-order valence-corrected chi connectivity index (χ2v) is 7.37. The van der Waals surface area contributed by atoms with Crippen molar-refractivity contribution in [1.29, 1.82) is 0 Å². The van der Waals surface area contributed by atoms with Crippen molar-refractivity contribution >= 4 is 11.8 Å². The van der Waals surface area contributed by atoms with Crippen LogP contribution in [0.4, 0.5) is 10.5 Å². The third-order valence-electron chi connectivity index (χ3n) is 5.60. The number of fused-ring (bicyclic) bond motifs is 3. The maximum Gasteiger partial charge on any atom is 0.411 e. The molecule has 5 nitrogen and oxygen atoms in total. The molecule has 2 unspecified atom stereocenters. The number of anilines is 1. The molecule has 1 amide bonds. The summed E-state index contributed by atoms with van der Waals surface area (Å²) in [5.41, 5.74) is 3.13. The molecule has 2 aromatic rings. The van der Waals surface area contributed by atoms with E-state index in [0.29, 0.717) is 5.92 Å². The summed E-state index contributed by atoms with van der Waals surface area (Å²) in [4.78, 5) is 19.2. The first-order valence-electron chi connectivity index (χ1n) is 9.36. The lowest BCUT2D eigenvalue weighted by molar-refractivity contribution is -0.0741. The van der Waals surface area contributed by atoms with Crippen LogP contribution in [0.1, 0.15) is 24.0 Å². The van der Waals surface area contributed by atoms with Gasteiger partial charge in [0.05, 0.1) is 6.04 Å². The predicted molar refractivity (Wildman–Crippen MR) is 101 cm³/mol. The normalized spacial score (nSPS) is 27.1. The lowest BCUT2D eigenvalue weighted by atomic mass is 9.78. The zero-order valence-electron chi connectivity index (χ0n) is 15.1. The summed E-state index contributed by atoms with van der Waals surface area (Å²) in [6, 6.07) is 12.1. The lowest BCUT2D eigenvalue weighted by Gasteiger charge is -2.50. The maximum atomic E-state index is 12.5. The van der Waals surface area contributed by atoms with Crippen molar-refractivity contribution in [3.63, 3.8) is 0 Å². The SMILES string of the molecule is Cc1ccc(NC(=O)OC2C3CCN(CC3)C2Cc2cccnc2)cc1. The monoisotopic (exact) mass is 351 g/mol. The largest absolute Gasteiger partial charge is 0.444 e. The number of nitrogens with zero attached hydrogens (tertiary/aromatic N) is 2. The minimum Gasteiger partial charge on any atom is -0.444 e. The molecule has 0 radical (unpaired) electrons. The Balaban J connectivity index is 1.45. The minimum absolute atomic E-state index is 0.0665. The van der Waals surface area contributed by atoms with E-state index in [1.54, 1.807) is 6.20 Å². The first kappa shape index (κ1) is 17.0. The minimum atomic E-state index is -0.358. The van der Waals surface area contributed by atoms with E-state index < -0.39 is 0 Å². The van der Waals surface area contributed by atoms with Gasteiger partial charge in [0.1, 0.15) is 6.10 Å². The highest BCUT2D eigenvalue weighted by Crippen LogP contribution is 2.36. The Morgan fingerprint density at radius 1 is 1.23 bits per heavy atom. The second kappa shape index (κ2) is 7.46. The molecule has 5 rings (SSSR count). The molecule has 3 fully saturated rings. The van der Waals surface area contributed by atoms with Crippen molar-refractivity contribution < 1.29 is 9.53 Å². The van der Waals surface area contributed by atoms with Gasteiger partial charge in [-0.05, 0) is 63.0 Å². The van der Waals surface area contributed by atoms with Crippen LogP contribution in [0, 0.1) is 12.8 Å². The average molecular weight is 351 g/mol. The quantitative estimate of drug-likeness (QED) is 0.914. The number of nitrogens with one attached hydrogen (secondary N) is 1. The number of carbonyl (C=O) groups is 1. The molecule has 0 aliphatic carbocycles. The molecule has 3 aliphatic heterocycles. The number of rotatable bonds is 4. The number of carbonyl (C=O) groups excluding carboxylic acids is 1. The number of ether oxygens (including phenoxy) is 1. The Hall–Kier alpha value is -2.40. The highest BCUT2D eigenvalue weighted by molar-refractivity contribution is 5.84. The second-order valence-electron chi connectivity index (χ2n) is 7.37. The number of hydrogen-bond donors (Lipinski definition) is 1. The number of aromatic nitrogens is 1. The van der Waals surface area contributed by atoms with E-state index in [9.17, 15) is 4.79 Å². The number of pyridine rings is 1. The molecule has 4 heterocycles. The number of amides is 1. The van der Waals surface area contributed by atoms with E-state index in [-0.39, 0.29) is 18.2 Å². The fraction of sp³-hybridized carbons (Fsp3) is 0.429. The van der Waals surface area contributed by atoms with Crippen molar-refractivity contribution in [2.45, 2.75) is 38.3 Å². The van der Waals surface area contributed by atoms with Gasteiger partial charge in [-0.3, -0.25) is 15.2 Å². The molecule has 1 aromatic carbocycles. The molecule has 2 atom stereocenters. The number of aryl methyl sites for hydroxylation is 1. The van der Waals surface area contributed by atoms with Gasteiger partial charge in [-0.1, -0.05) is 23.8 Å². The van der Waals surface area contributed by atoms with Gasteiger partial charge in [0.15, 0.2) is 0 Å². The van der Waals surface area contributed by atoms with Crippen molar-refractivity contribution in [2.24, 2.45) is 5.92 Å². The van der Waals surface area contributed by atoms with Crippen LogP contribution in [0.2, 0.25) is 0 Å². The average Bonchev–Trinajstić information content (AvgIpc) is 2.67. The summed E-state index contributed by atoms with van der Waals surface area (Å²) >= 11 is 0. The standard InChI is InChI=1S/C21H25N3O2/c1-15-4-6-18(7-5-15)23-21(25)26-20-17-8-11-24(12-9-17)19(20)13-16-3-2-10-22-14-16/h2-7,10,14,17,19-20H,8-9,11-13H2,1H3,(H,23,25). The summed E-state index contributed by atoms with van der Waals surface area (Å²) in [5, 5.41) is 2.87. The Morgan fingerprint density at radius 3 is 2.69 bits per heavy atom. The van der Waals surface area contributed by atoms with Crippen LogP contribution in [0.3, 0.4) is 0 Å². The number of hydrogen-bond acceptors (Lipinski definition) is 4. The zero-order valence-corrected chi connectivity index (χ0v) is 15.1. The van der Waals surface area contributed by atoms with Crippen LogP contribution in [-0.2, 0) is 11.2 Å². The summed E-state index contributed by atoms with van der Waals surface area (Å²) in [5.74, 6) is 0.449. The third-order valence-corrected chi connectivity index (χ3v) is 5.60. The zero-order chi connectivity index (χ0) is 17.9. The van der Waals surface area contributed by atoms with E-state index in [4.69, 9.17) is 4.74 Å². The number of benzene rings is 1. The van der Waals surface area contributed by atoms with E-state index in [1.165, 1.54) is 5.56 Å². The van der Waals surface area contributed by atoms with E-state index in [2.05, 4.69) is 21.3 Å². The van der Waals surface area contributed by atoms with Crippen LogP contribution < -0.4 is 5.32 Å². The number of piperidine rings is 3. The van der Waals surface area contributed by atoms with Crippen LogP contribution in [0.5, 0.6) is 0 Å². The first-order valence-corrected chi connectivity index (χ1v) is 9.36. The van der Waals surface area contributed by atoms with Gasteiger partial charge in [0.25, 0.3) is 0 Å². The summed E-state index contributed by atoms with van der Waals surface area (Å²) in [7, 11) is 0. The van der Waals surface area contributed by atoms with Gasteiger partial charge < -0.3 is 4.74 Å². The summed E-state index contributed by atoms with van der Waals surface area (Å²) in [6.45, 7) is 4.21. The predicted octanol–water partition coefficient (Wildman–Crippen LogP) is 3.64. The fourth-order valence-corrected chi connectivity index (χ4v) is 4.19. The molecule has 3 saturated heterocycles. The molecule has 0 saturated carbocycles. The summed E-state index contributed by atoms with van der Waals surface area (Å²) < 4.78 is 5.93. The van der Waals surface area contributed by atoms with Crippen molar-refractivity contribution in [3.8, 4) is 0 Å². The van der Waals surface area contributed by atoms with E-state index in [0.717, 1.165) is 43.6 Å². The first-order chi connectivity index (χ1) is 12.7. The van der Waals surface area contributed by atoms with Gasteiger partial charge in [0, 0.05) is 24.0 Å². The summed E-state index contributed by atoms with van der Waals surface area (Å²) in [6.07, 6.45) is 6.35. The van der Waals surface area contributed by atoms with Crippen LogP contribution in [0.15, 0.2) is 48.8 Å². The van der Waals surface area contributed by atoms with Gasteiger partial charge in [0.2, 0.25) is 0 Å². The van der Waals surface area contributed by atoms with Crippen LogP contribution in [-0.4, -0.2) is 41.2 Å². The lowest BCUT2D eigenvalue weighted by Crippen LogP contribution is -2.60. The van der Waals surface area contributed by atoms with Gasteiger partial charge in [-0.25, -0.2) is 4.79 Å². The molecule has 0 spiro atoms. The molecule has 5 heteroatoms.